The van der Waals surface area contributed by atoms with Crippen LogP contribution in [0.25, 0.3) is 10.9 Å². The van der Waals surface area contributed by atoms with Crippen LogP contribution in [-0.4, -0.2) is 138 Å². The molecule has 0 radical (unpaired) electrons. The molecule has 3 aromatic rings. The molecule has 9 atom stereocenters. The number of benzene rings is 2. The summed E-state index contributed by atoms with van der Waals surface area (Å²) in [7, 11) is 8.43. The van der Waals surface area contributed by atoms with Crippen molar-refractivity contribution < 1.29 is 38.4 Å². The Labute approximate surface area is 390 Å². The van der Waals surface area contributed by atoms with Crippen molar-refractivity contribution in [1.82, 2.24) is 30.3 Å². The van der Waals surface area contributed by atoms with Gasteiger partial charge in [-0.3, -0.25) is 44.0 Å². The molecule has 0 saturated carbocycles. The minimum atomic E-state index is -0.987. The Kier molecular flexibility index (Phi) is 19.7. The summed E-state index contributed by atoms with van der Waals surface area (Å²) in [6.07, 6.45) is 2.21. The molecule has 66 heavy (non-hydrogen) atoms. The summed E-state index contributed by atoms with van der Waals surface area (Å²) in [5.74, 6) is -2.48. The number of nitrogens with one attached hydrogen (secondary N) is 2. The van der Waals surface area contributed by atoms with E-state index < -0.39 is 59.2 Å². The van der Waals surface area contributed by atoms with Gasteiger partial charge >= 0.3 is 0 Å². The molecule has 3 unspecified atom stereocenters. The van der Waals surface area contributed by atoms with E-state index in [-0.39, 0.29) is 66.2 Å². The Morgan fingerprint density at radius 2 is 1.56 bits per heavy atom. The fourth-order valence-electron chi connectivity index (χ4n) is 9.49. The monoisotopic (exact) mass is 916 g/mol. The number of Topliss-reactive ketones (excluding diaryl/α,β-unsaturated/α-hetero) is 1. The van der Waals surface area contributed by atoms with Crippen LogP contribution in [0.15, 0.2) is 60.8 Å². The Morgan fingerprint density at radius 3 is 2.14 bits per heavy atom. The number of likely N-dealkylation sites (N-methyl/N-ethyl adjacent to an activating group) is 2. The molecule has 1 fully saturated rings. The first-order chi connectivity index (χ1) is 31.2. The number of para-hydroxylation sites is 1. The van der Waals surface area contributed by atoms with Gasteiger partial charge in [-0.05, 0) is 74.4 Å². The molecule has 2 heterocycles. The zero-order valence-electron chi connectivity index (χ0n) is 41.0. The van der Waals surface area contributed by atoms with Gasteiger partial charge in [0.2, 0.25) is 23.6 Å². The second-order valence-electron chi connectivity index (χ2n) is 18.8. The zero-order chi connectivity index (χ0) is 49.0. The van der Waals surface area contributed by atoms with Gasteiger partial charge in [-0.2, -0.15) is 0 Å². The van der Waals surface area contributed by atoms with E-state index in [0.717, 1.165) is 10.9 Å². The van der Waals surface area contributed by atoms with Crippen LogP contribution in [-0.2, 0) is 46.3 Å². The maximum absolute atomic E-state index is 14.5. The Morgan fingerprint density at radius 1 is 0.894 bits per heavy atom. The van der Waals surface area contributed by atoms with E-state index in [9.17, 15) is 34.1 Å². The molecule has 4 amide bonds. The number of hydrogen-bond donors (Lipinski definition) is 2. The SMILES string of the molecule is CC[C@H](C)C([C@@H](CC(=O)N1CCC[C@H]1[C@H](OC)[C@@H](C)C(=O)NC(Cc1ccc([N+](=O)[O-])cc1)C(=O)Cc1cnc2ccccc2c1)OC)N(C)C(=O)C(NC(=O)[C@H](C(C)C)N(C)C)C(C)C. The third kappa shape index (κ3) is 13.4. The van der Waals surface area contributed by atoms with E-state index in [4.69, 9.17) is 9.47 Å². The number of hydrogen-bond acceptors (Lipinski definition) is 11. The van der Waals surface area contributed by atoms with Gasteiger partial charge in [-0.25, -0.2) is 0 Å². The van der Waals surface area contributed by atoms with E-state index in [1.807, 2.05) is 90.9 Å². The van der Waals surface area contributed by atoms with E-state index in [2.05, 4.69) is 15.6 Å². The van der Waals surface area contributed by atoms with Gasteiger partial charge < -0.3 is 29.9 Å². The highest BCUT2D eigenvalue weighted by Crippen LogP contribution is 2.30. The van der Waals surface area contributed by atoms with E-state index in [1.165, 1.54) is 26.4 Å². The number of nitrogens with zero attached hydrogens (tertiary/aromatic N) is 5. The number of methoxy groups -OCH3 is 2. The normalized spacial score (nSPS) is 17.7. The molecule has 0 bridgehead atoms. The average Bonchev–Trinajstić information content (AvgIpc) is 3.77. The summed E-state index contributed by atoms with van der Waals surface area (Å²) < 4.78 is 12.1. The number of non-ortho nitro benzene ring substituents is 1. The largest absolute Gasteiger partial charge is 0.379 e. The van der Waals surface area contributed by atoms with Gasteiger partial charge in [-0.15, -0.1) is 0 Å². The lowest BCUT2D eigenvalue weighted by Crippen LogP contribution is -2.59. The van der Waals surface area contributed by atoms with Crippen molar-refractivity contribution in [2.45, 2.75) is 129 Å². The highest BCUT2D eigenvalue weighted by atomic mass is 16.6. The molecule has 16 nitrogen and oxygen atoms in total. The van der Waals surface area contributed by atoms with Gasteiger partial charge in [-0.1, -0.05) is 85.2 Å². The molecule has 2 aromatic carbocycles. The van der Waals surface area contributed by atoms with Crippen LogP contribution in [0.2, 0.25) is 0 Å². The van der Waals surface area contributed by atoms with E-state index in [0.29, 0.717) is 36.9 Å². The number of fused-ring (bicyclic) bond motifs is 1. The number of ketones is 1. The van der Waals surface area contributed by atoms with Crippen LogP contribution in [0.4, 0.5) is 5.69 Å². The molecule has 1 aliphatic rings. The first kappa shape index (κ1) is 53.3. The van der Waals surface area contributed by atoms with Crippen molar-refractivity contribution in [2.75, 3.05) is 41.9 Å². The minimum Gasteiger partial charge on any atom is -0.379 e. The van der Waals surface area contributed by atoms with Gasteiger partial charge in [0.05, 0.1) is 59.2 Å². The summed E-state index contributed by atoms with van der Waals surface area (Å²) >= 11 is 0. The number of nitro benzene ring substituents is 1. The number of likely N-dealkylation sites (tertiary alicyclic amines) is 1. The van der Waals surface area contributed by atoms with Crippen LogP contribution in [0.5, 0.6) is 0 Å². The first-order valence-electron chi connectivity index (χ1n) is 23.2. The highest BCUT2D eigenvalue weighted by Gasteiger charge is 2.43. The Balaban J connectivity index is 1.53. The molecule has 0 spiro atoms. The lowest BCUT2D eigenvalue weighted by atomic mass is 9.89. The number of pyridine rings is 1. The lowest BCUT2D eigenvalue weighted by Gasteiger charge is -2.41. The van der Waals surface area contributed by atoms with Crippen LogP contribution in [0.3, 0.4) is 0 Å². The van der Waals surface area contributed by atoms with Crippen molar-refractivity contribution in [3.8, 4) is 0 Å². The number of rotatable bonds is 24. The fraction of sp³-hybridized carbons (Fsp3) is 0.600. The fourth-order valence-corrected chi connectivity index (χ4v) is 9.49. The maximum Gasteiger partial charge on any atom is 0.269 e. The van der Waals surface area contributed by atoms with E-state index >= 15 is 0 Å². The molecule has 1 saturated heterocycles. The van der Waals surface area contributed by atoms with Crippen LogP contribution in [0.1, 0.15) is 85.3 Å². The maximum atomic E-state index is 14.5. The number of ether oxygens (including phenoxy) is 2. The molecular weight excluding hydrogens is 843 g/mol. The Bertz CT molecular complexity index is 2120. The predicted molar refractivity (Wildman–Crippen MR) is 254 cm³/mol. The molecule has 2 N–H and O–H groups in total. The molecule has 1 aliphatic heterocycles. The van der Waals surface area contributed by atoms with E-state index in [1.54, 1.807) is 42.1 Å². The Hall–Kier alpha value is -5.32. The van der Waals surface area contributed by atoms with Crippen molar-refractivity contribution in [3.63, 3.8) is 0 Å². The van der Waals surface area contributed by atoms with Crippen LogP contribution < -0.4 is 10.6 Å². The van der Waals surface area contributed by atoms with Crippen molar-refractivity contribution in [2.24, 2.45) is 23.7 Å². The van der Waals surface area contributed by atoms with Crippen LogP contribution >= 0.6 is 0 Å². The lowest BCUT2D eigenvalue weighted by molar-refractivity contribution is -0.384. The van der Waals surface area contributed by atoms with Gasteiger partial charge in [0.1, 0.15) is 6.04 Å². The van der Waals surface area contributed by atoms with Crippen LogP contribution in [0, 0.1) is 33.8 Å². The smallest absolute Gasteiger partial charge is 0.269 e. The summed E-state index contributed by atoms with van der Waals surface area (Å²) in [5.41, 5.74) is 2.00. The molecule has 1 aromatic heterocycles. The van der Waals surface area contributed by atoms with Crippen molar-refractivity contribution in [3.05, 3.63) is 82.0 Å². The first-order valence-corrected chi connectivity index (χ1v) is 23.2. The third-order valence-corrected chi connectivity index (χ3v) is 13.3. The molecule has 362 valence electrons. The molecule has 0 aliphatic carbocycles. The van der Waals surface area contributed by atoms with Crippen molar-refractivity contribution in [1.29, 1.82) is 0 Å². The number of aromatic nitrogens is 1. The highest BCUT2D eigenvalue weighted by molar-refractivity contribution is 5.92. The van der Waals surface area contributed by atoms with Gasteiger partial charge in [0.25, 0.3) is 5.69 Å². The average molecular weight is 916 g/mol. The number of nitro groups is 1. The molecular formula is C50H73N7O9. The summed E-state index contributed by atoms with van der Waals surface area (Å²) in [4.78, 5) is 91.3. The predicted octanol–water partition coefficient (Wildman–Crippen LogP) is 5.63. The number of amides is 4. The van der Waals surface area contributed by atoms with Gasteiger partial charge in [0, 0.05) is 57.9 Å². The third-order valence-electron chi connectivity index (χ3n) is 13.3. The second kappa shape index (κ2) is 24.4. The topological polar surface area (TPSA) is 194 Å². The second-order valence-corrected chi connectivity index (χ2v) is 18.8. The quantitative estimate of drug-likeness (QED) is 0.0836. The summed E-state index contributed by atoms with van der Waals surface area (Å²) in [6, 6.07) is 12.2. The molecule has 16 heteroatoms. The summed E-state index contributed by atoms with van der Waals surface area (Å²) in [6.45, 7) is 13.9. The number of carbonyl (C=O) groups excluding carboxylic acids is 5. The number of carbonyl (C=O) groups is 5. The van der Waals surface area contributed by atoms with Crippen molar-refractivity contribution >= 4 is 46.0 Å². The zero-order valence-corrected chi connectivity index (χ0v) is 41.0. The molecule has 4 rings (SSSR count). The van der Waals surface area contributed by atoms with Gasteiger partial charge in [0.15, 0.2) is 5.78 Å². The minimum absolute atomic E-state index is 0.0103. The standard InChI is InChI=1S/C50H73N7O9/c1-13-32(6)46(55(10)50(62)44(30(2)3)53-49(61)45(31(4)5)54(8)9)42(65-11)28-43(59)56-24-16-19-40(56)47(66-12)33(7)48(60)52-39(26-34-20-22-37(23-21-34)57(63)64)41(58)27-35-25-36-17-14-15-18-38(36)51-29-35/h14-15,17-18,20-23,25,29-33,39-40,42,44-47H,13,16,19,24,26-28H2,1-12H3,(H,52,60)(H,53,61)/t32-,33+,39?,40-,42+,44?,45-,46?,47+/m0/s1. The summed E-state index contributed by atoms with van der Waals surface area (Å²) in [5, 5.41) is 18.2.